The van der Waals surface area contributed by atoms with E-state index in [1.165, 1.54) is 0 Å². The Balaban J connectivity index is 3.09. The van der Waals surface area contributed by atoms with Crippen molar-refractivity contribution in [3.63, 3.8) is 0 Å². The summed E-state index contributed by atoms with van der Waals surface area (Å²) in [5, 5.41) is 17.2. The van der Waals surface area contributed by atoms with Gasteiger partial charge in [-0.05, 0) is 12.1 Å². The fourth-order valence-corrected chi connectivity index (χ4v) is 1.13. The standard InChI is InChI=1S/C10H6ClFO4/c11-6-3-5(9(14)4-7(6)12)8(13)1-2-10(15)16/h1-4,14H,(H,15,16)/b2-1+. The summed E-state index contributed by atoms with van der Waals surface area (Å²) in [5.41, 5.74) is -0.260. The molecule has 4 nitrogen and oxygen atoms in total. The van der Waals surface area contributed by atoms with E-state index in [4.69, 9.17) is 16.7 Å². The van der Waals surface area contributed by atoms with Gasteiger partial charge in [-0.3, -0.25) is 4.79 Å². The lowest BCUT2D eigenvalue weighted by molar-refractivity contribution is -0.131. The summed E-state index contributed by atoms with van der Waals surface area (Å²) in [4.78, 5) is 21.5. The zero-order valence-corrected chi connectivity index (χ0v) is 8.53. The van der Waals surface area contributed by atoms with Crippen molar-refractivity contribution in [2.75, 3.05) is 0 Å². The molecule has 0 atom stereocenters. The molecule has 1 aromatic rings. The molecule has 0 heterocycles. The summed E-state index contributed by atoms with van der Waals surface area (Å²) < 4.78 is 12.8. The Kier molecular flexibility index (Phi) is 3.63. The van der Waals surface area contributed by atoms with Gasteiger partial charge in [-0.2, -0.15) is 0 Å². The Hall–Kier alpha value is -1.88. The zero-order chi connectivity index (χ0) is 12.3. The van der Waals surface area contributed by atoms with Crippen LogP contribution in [0.4, 0.5) is 4.39 Å². The molecule has 0 radical (unpaired) electrons. The largest absolute Gasteiger partial charge is 0.507 e. The Morgan fingerprint density at radius 1 is 1.31 bits per heavy atom. The molecule has 84 valence electrons. The molecule has 0 aliphatic rings. The number of carboxylic acids is 1. The van der Waals surface area contributed by atoms with Crippen molar-refractivity contribution >= 4 is 23.4 Å². The topological polar surface area (TPSA) is 74.6 Å². The van der Waals surface area contributed by atoms with E-state index in [0.29, 0.717) is 12.1 Å². The molecule has 0 saturated carbocycles. The summed E-state index contributed by atoms with van der Waals surface area (Å²) >= 11 is 5.41. The van der Waals surface area contributed by atoms with Crippen molar-refractivity contribution in [2.24, 2.45) is 0 Å². The number of hydrogen-bond donors (Lipinski definition) is 2. The maximum atomic E-state index is 12.8. The number of aromatic hydroxyl groups is 1. The smallest absolute Gasteiger partial charge is 0.328 e. The Morgan fingerprint density at radius 3 is 2.50 bits per heavy atom. The highest BCUT2D eigenvalue weighted by molar-refractivity contribution is 6.31. The second-order valence-electron chi connectivity index (χ2n) is 2.82. The first-order valence-electron chi connectivity index (χ1n) is 4.05. The Labute approximate surface area is 94.6 Å². The summed E-state index contributed by atoms with van der Waals surface area (Å²) in [6, 6.07) is 1.62. The number of allylic oxidation sites excluding steroid dienone is 1. The normalized spacial score (nSPS) is 10.6. The SMILES string of the molecule is O=C(O)/C=C/C(=O)c1cc(Cl)c(F)cc1O. The number of carbonyl (C=O) groups is 2. The van der Waals surface area contributed by atoms with Gasteiger partial charge < -0.3 is 10.2 Å². The predicted octanol–water partition coefficient (Wildman–Crippen LogP) is 2.01. The van der Waals surface area contributed by atoms with Crippen LogP contribution in [-0.4, -0.2) is 22.0 Å². The number of halogens is 2. The van der Waals surface area contributed by atoms with Gasteiger partial charge in [-0.15, -0.1) is 0 Å². The number of hydrogen-bond acceptors (Lipinski definition) is 3. The molecule has 0 unspecified atom stereocenters. The fourth-order valence-electron chi connectivity index (χ4n) is 0.970. The number of ketones is 1. The van der Waals surface area contributed by atoms with Crippen LogP contribution in [-0.2, 0) is 4.79 Å². The molecular formula is C10H6ClFO4. The first-order valence-corrected chi connectivity index (χ1v) is 4.43. The van der Waals surface area contributed by atoms with E-state index in [-0.39, 0.29) is 10.6 Å². The van der Waals surface area contributed by atoms with Crippen LogP contribution >= 0.6 is 11.6 Å². The predicted molar refractivity (Wildman–Crippen MR) is 54.2 cm³/mol. The third kappa shape index (κ3) is 2.80. The highest BCUT2D eigenvalue weighted by atomic mass is 35.5. The van der Waals surface area contributed by atoms with Gasteiger partial charge in [0.2, 0.25) is 0 Å². The maximum Gasteiger partial charge on any atom is 0.328 e. The molecule has 0 spiro atoms. The minimum absolute atomic E-state index is 0.260. The van der Waals surface area contributed by atoms with Crippen LogP contribution in [0.1, 0.15) is 10.4 Å². The van der Waals surface area contributed by atoms with E-state index < -0.39 is 23.3 Å². The Bertz CT molecular complexity index is 482. The molecule has 0 aliphatic carbocycles. The average molecular weight is 245 g/mol. The van der Waals surface area contributed by atoms with Gasteiger partial charge in [-0.1, -0.05) is 11.6 Å². The number of carbonyl (C=O) groups excluding carboxylic acids is 1. The van der Waals surface area contributed by atoms with Crippen molar-refractivity contribution in [1.29, 1.82) is 0 Å². The van der Waals surface area contributed by atoms with Gasteiger partial charge in [0.1, 0.15) is 11.6 Å². The number of aliphatic carboxylic acids is 1. The third-order valence-electron chi connectivity index (χ3n) is 1.68. The number of benzene rings is 1. The molecule has 6 heteroatoms. The molecule has 0 saturated heterocycles. The molecular weight excluding hydrogens is 239 g/mol. The third-order valence-corrected chi connectivity index (χ3v) is 1.97. The molecule has 2 N–H and O–H groups in total. The minimum atomic E-state index is -1.30. The van der Waals surface area contributed by atoms with E-state index in [1.54, 1.807) is 0 Å². The highest BCUT2D eigenvalue weighted by Gasteiger charge is 2.12. The van der Waals surface area contributed by atoms with Crippen LogP contribution in [0.2, 0.25) is 5.02 Å². The monoisotopic (exact) mass is 244 g/mol. The van der Waals surface area contributed by atoms with Crippen LogP contribution in [0.25, 0.3) is 0 Å². The van der Waals surface area contributed by atoms with Crippen molar-refractivity contribution in [2.45, 2.75) is 0 Å². The Morgan fingerprint density at radius 2 is 1.94 bits per heavy atom. The summed E-state index contributed by atoms with van der Waals surface area (Å²) in [5.74, 6) is -3.54. The number of rotatable bonds is 3. The van der Waals surface area contributed by atoms with Gasteiger partial charge in [0.15, 0.2) is 5.78 Å². The average Bonchev–Trinajstić information content (AvgIpc) is 2.20. The van der Waals surface area contributed by atoms with Gasteiger partial charge in [0, 0.05) is 12.1 Å². The molecule has 1 aromatic carbocycles. The van der Waals surface area contributed by atoms with Crippen LogP contribution < -0.4 is 0 Å². The lowest BCUT2D eigenvalue weighted by Crippen LogP contribution is -1.98. The quantitative estimate of drug-likeness (QED) is 0.630. The van der Waals surface area contributed by atoms with E-state index in [9.17, 15) is 19.1 Å². The van der Waals surface area contributed by atoms with Gasteiger partial charge in [-0.25, -0.2) is 9.18 Å². The molecule has 0 amide bonds. The zero-order valence-electron chi connectivity index (χ0n) is 7.78. The molecule has 16 heavy (non-hydrogen) atoms. The summed E-state index contributed by atoms with van der Waals surface area (Å²) in [6.45, 7) is 0. The number of phenolic OH excluding ortho intramolecular Hbond substituents is 1. The van der Waals surface area contributed by atoms with Gasteiger partial charge in [0.25, 0.3) is 0 Å². The molecule has 0 bridgehead atoms. The van der Waals surface area contributed by atoms with E-state index in [1.807, 2.05) is 0 Å². The summed E-state index contributed by atoms with van der Waals surface area (Å²) in [7, 11) is 0. The van der Waals surface area contributed by atoms with Crippen LogP contribution in [0, 0.1) is 5.82 Å². The van der Waals surface area contributed by atoms with Gasteiger partial charge in [0.05, 0.1) is 10.6 Å². The number of carboxylic acid groups (broad SMARTS) is 1. The van der Waals surface area contributed by atoms with Crippen molar-refractivity contribution in [1.82, 2.24) is 0 Å². The second-order valence-corrected chi connectivity index (χ2v) is 3.23. The van der Waals surface area contributed by atoms with E-state index >= 15 is 0 Å². The lowest BCUT2D eigenvalue weighted by atomic mass is 10.1. The van der Waals surface area contributed by atoms with Crippen LogP contribution in [0.5, 0.6) is 5.75 Å². The maximum absolute atomic E-state index is 12.8. The highest BCUT2D eigenvalue weighted by Crippen LogP contribution is 2.25. The lowest BCUT2D eigenvalue weighted by Gasteiger charge is -2.02. The first kappa shape index (κ1) is 12.2. The van der Waals surface area contributed by atoms with Crippen molar-refractivity contribution < 1.29 is 24.2 Å². The van der Waals surface area contributed by atoms with Crippen molar-refractivity contribution in [3.8, 4) is 5.75 Å². The van der Waals surface area contributed by atoms with Crippen LogP contribution in [0.3, 0.4) is 0 Å². The molecule has 0 fully saturated rings. The number of phenols is 1. The first-order chi connectivity index (χ1) is 7.41. The van der Waals surface area contributed by atoms with E-state index in [0.717, 1.165) is 12.1 Å². The molecule has 0 aliphatic heterocycles. The van der Waals surface area contributed by atoms with Crippen LogP contribution in [0.15, 0.2) is 24.3 Å². The van der Waals surface area contributed by atoms with E-state index in [2.05, 4.69) is 0 Å². The van der Waals surface area contributed by atoms with Crippen molar-refractivity contribution in [3.05, 3.63) is 40.7 Å². The molecule has 0 aromatic heterocycles. The fraction of sp³-hybridized carbons (Fsp3) is 0. The van der Waals surface area contributed by atoms with Gasteiger partial charge >= 0.3 is 5.97 Å². The minimum Gasteiger partial charge on any atom is -0.507 e. The second kappa shape index (κ2) is 4.76. The summed E-state index contributed by atoms with van der Waals surface area (Å²) in [6.07, 6.45) is 1.35. The molecule has 1 rings (SSSR count).